The van der Waals surface area contributed by atoms with Gasteiger partial charge in [-0.1, -0.05) is 33.1 Å². The van der Waals surface area contributed by atoms with Crippen molar-refractivity contribution in [3.8, 4) is 0 Å². The highest BCUT2D eigenvalue weighted by Crippen LogP contribution is 2.21. The summed E-state index contributed by atoms with van der Waals surface area (Å²) in [5, 5.41) is 9.01. The van der Waals surface area contributed by atoms with Gasteiger partial charge in [-0.2, -0.15) is 0 Å². The molecule has 0 aromatic heterocycles. The van der Waals surface area contributed by atoms with Crippen molar-refractivity contribution in [2.75, 3.05) is 26.2 Å². The zero-order chi connectivity index (χ0) is 18.1. The lowest BCUT2D eigenvalue weighted by Gasteiger charge is -2.34. The van der Waals surface area contributed by atoms with Gasteiger partial charge in [-0.3, -0.25) is 0 Å². The van der Waals surface area contributed by atoms with E-state index in [1.54, 1.807) is 0 Å². The number of amides is 4. The van der Waals surface area contributed by atoms with Crippen molar-refractivity contribution in [2.45, 2.75) is 71.3 Å². The number of nitrogens with zero attached hydrogens (tertiary/aromatic N) is 1. The van der Waals surface area contributed by atoms with Gasteiger partial charge in [0.1, 0.15) is 0 Å². The average Bonchev–Trinajstić information content (AvgIpc) is 2.61. The summed E-state index contributed by atoms with van der Waals surface area (Å²) in [5.41, 5.74) is 0. The Morgan fingerprint density at radius 1 is 1.00 bits per heavy atom. The van der Waals surface area contributed by atoms with E-state index in [0.717, 1.165) is 45.2 Å². The van der Waals surface area contributed by atoms with E-state index in [4.69, 9.17) is 0 Å². The predicted molar refractivity (Wildman–Crippen MR) is 101 cm³/mol. The highest BCUT2D eigenvalue weighted by atomic mass is 16.2. The Morgan fingerprint density at radius 3 is 2.32 bits per heavy atom. The molecule has 2 aliphatic rings. The number of urea groups is 2. The second-order valence-electron chi connectivity index (χ2n) is 8.03. The maximum absolute atomic E-state index is 12.4. The van der Waals surface area contributed by atoms with Crippen LogP contribution in [-0.2, 0) is 0 Å². The maximum Gasteiger partial charge on any atom is 0.317 e. The van der Waals surface area contributed by atoms with Gasteiger partial charge in [0, 0.05) is 32.2 Å². The molecule has 0 aromatic rings. The van der Waals surface area contributed by atoms with Gasteiger partial charge in [0.05, 0.1) is 0 Å². The van der Waals surface area contributed by atoms with Crippen LogP contribution in [0.15, 0.2) is 0 Å². The van der Waals surface area contributed by atoms with E-state index >= 15 is 0 Å². The molecule has 0 bridgehead atoms. The Labute approximate surface area is 152 Å². The van der Waals surface area contributed by atoms with Gasteiger partial charge in [-0.25, -0.2) is 9.59 Å². The molecule has 6 nitrogen and oxygen atoms in total. The molecule has 0 spiro atoms. The molecule has 1 aliphatic heterocycles. The van der Waals surface area contributed by atoms with E-state index in [9.17, 15) is 9.59 Å². The van der Waals surface area contributed by atoms with E-state index in [1.807, 2.05) is 4.90 Å². The van der Waals surface area contributed by atoms with Crippen LogP contribution < -0.4 is 16.0 Å². The minimum Gasteiger partial charge on any atom is -0.338 e. The van der Waals surface area contributed by atoms with Gasteiger partial charge < -0.3 is 20.9 Å². The van der Waals surface area contributed by atoms with Crippen LogP contribution in [0.25, 0.3) is 0 Å². The largest absolute Gasteiger partial charge is 0.338 e. The van der Waals surface area contributed by atoms with Crippen molar-refractivity contribution in [1.29, 1.82) is 0 Å². The first-order valence-electron chi connectivity index (χ1n) is 10.1. The molecule has 1 heterocycles. The number of carbonyl (C=O) groups is 2. The summed E-state index contributed by atoms with van der Waals surface area (Å²) in [6.07, 6.45) is 9.12. The molecule has 0 aromatic carbocycles. The minimum absolute atomic E-state index is 0.0713. The van der Waals surface area contributed by atoms with Crippen LogP contribution in [0.1, 0.15) is 65.2 Å². The highest BCUT2D eigenvalue weighted by molar-refractivity contribution is 5.74. The van der Waals surface area contributed by atoms with Crippen LogP contribution in [0.5, 0.6) is 0 Å². The van der Waals surface area contributed by atoms with Crippen LogP contribution in [0.2, 0.25) is 0 Å². The second kappa shape index (κ2) is 10.5. The third-order valence-electron chi connectivity index (χ3n) is 5.34. The fraction of sp³-hybridized carbons (Fsp3) is 0.895. The quantitative estimate of drug-likeness (QED) is 0.687. The third-order valence-corrected chi connectivity index (χ3v) is 5.34. The first-order chi connectivity index (χ1) is 12.0. The van der Waals surface area contributed by atoms with Gasteiger partial charge in [-0.15, -0.1) is 0 Å². The third kappa shape index (κ3) is 7.53. The Hall–Kier alpha value is -1.46. The molecular formula is C19H36N4O2. The van der Waals surface area contributed by atoms with E-state index in [0.29, 0.717) is 31.0 Å². The van der Waals surface area contributed by atoms with Crippen LogP contribution in [0.3, 0.4) is 0 Å². The smallest absolute Gasteiger partial charge is 0.317 e. The van der Waals surface area contributed by atoms with Gasteiger partial charge in [-0.05, 0) is 43.9 Å². The van der Waals surface area contributed by atoms with Crippen molar-refractivity contribution in [3.63, 3.8) is 0 Å². The lowest BCUT2D eigenvalue weighted by molar-refractivity contribution is 0.162. The molecule has 2 rings (SSSR count). The number of hydrogen-bond donors (Lipinski definition) is 3. The van der Waals surface area contributed by atoms with Crippen molar-refractivity contribution < 1.29 is 9.59 Å². The summed E-state index contributed by atoms with van der Waals surface area (Å²) < 4.78 is 0. The number of likely N-dealkylation sites (tertiary alicyclic amines) is 1. The summed E-state index contributed by atoms with van der Waals surface area (Å²) in [6, 6.07) is 0.432. The number of nitrogens with one attached hydrogen (secondary N) is 3. The van der Waals surface area contributed by atoms with Gasteiger partial charge in [0.15, 0.2) is 0 Å². The Morgan fingerprint density at radius 2 is 1.68 bits per heavy atom. The molecule has 0 atom stereocenters. The molecule has 6 heteroatoms. The lowest BCUT2D eigenvalue weighted by Crippen LogP contribution is -2.48. The summed E-state index contributed by atoms with van der Waals surface area (Å²) in [6.45, 7) is 7.26. The molecule has 0 unspecified atom stereocenters. The van der Waals surface area contributed by atoms with Gasteiger partial charge >= 0.3 is 12.1 Å². The van der Waals surface area contributed by atoms with Gasteiger partial charge in [0.25, 0.3) is 0 Å². The lowest BCUT2D eigenvalue weighted by atomic mass is 9.93. The molecule has 1 aliphatic carbocycles. The second-order valence-corrected chi connectivity index (χ2v) is 8.03. The first kappa shape index (κ1) is 19.9. The van der Waals surface area contributed by atoms with Crippen LogP contribution in [-0.4, -0.2) is 49.2 Å². The molecule has 25 heavy (non-hydrogen) atoms. The van der Waals surface area contributed by atoms with E-state index < -0.39 is 0 Å². The molecule has 2 fully saturated rings. The highest BCUT2D eigenvalue weighted by Gasteiger charge is 2.24. The van der Waals surface area contributed by atoms with Crippen LogP contribution >= 0.6 is 0 Å². The predicted octanol–water partition coefficient (Wildman–Crippen LogP) is 3.09. The summed E-state index contributed by atoms with van der Waals surface area (Å²) in [5.74, 6) is 1.07. The summed E-state index contributed by atoms with van der Waals surface area (Å²) in [4.78, 5) is 26.0. The van der Waals surface area contributed by atoms with Crippen molar-refractivity contribution >= 4 is 12.1 Å². The molecule has 4 amide bonds. The summed E-state index contributed by atoms with van der Waals surface area (Å²) in [7, 11) is 0. The number of carbonyl (C=O) groups excluding carboxylic acids is 2. The first-order valence-corrected chi connectivity index (χ1v) is 10.1. The molecule has 144 valence electrons. The Balaban J connectivity index is 1.56. The SMILES string of the molecule is CC(C)CNC(=O)NCCC1CCN(C(=O)NC2CCCCC2)CC1. The van der Waals surface area contributed by atoms with E-state index in [2.05, 4.69) is 29.8 Å². The fourth-order valence-corrected chi connectivity index (χ4v) is 3.69. The molecule has 1 saturated carbocycles. The zero-order valence-electron chi connectivity index (χ0n) is 16.0. The fourth-order valence-electron chi connectivity index (χ4n) is 3.69. The number of hydrogen-bond acceptors (Lipinski definition) is 2. The average molecular weight is 353 g/mol. The normalized spacial score (nSPS) is 19.7. The summed E-state index contributed by atoms with van der Waals surface area (Å²) >= 11 is 0. The van der Waals surface area contributed by atoms with E-state index in [1.165, 1.54) is 19.3 Å². The molecule has 1 saturated heterocycles. The van der Waals surface area contributed by atoms with Crippen LogP contribution in [0.4, 0.5) is 9.59 Å². The number of piperidine rings is 1. The minimum atomic E-state index is -0.0713. The van der Waals surface area contributed by atoms with Crippen LogP contribution in [0, 0.1) is 11.8 Å². The Bertz CT molecular complexity index is 414. The topological polar surface area (TPSA) is 73.5 Å². The van der Waals surface area contributed by atoms with Gasteiger partial charge in [0.2, 0.25) is 0 Å². The van der Waals surface area contributed by atoms with Crippen molar-refractivity contribution in [2.24, 2.45) is 11.8 Å². The monoisotopic (exact) mass is 352 g/mol. The zero-order valence-corrected chi connectivity index (χ0v) is 16.0. The Kier molecular flexibility index (Phi) is 8.35. The molecular weight excluding hydrogens is 316 g/mol. The van der Waals surface area contributed by atoms with E-state index in [-0.39, 0.29) is 12.1 Å². The standard InChI is InChI=1S/C19H36N4O2/c1-15(2)14-21-18(24)20-11-8-16-9-12-23(13-10-16)19(25)22-17-6-4-3-5-7-17/h15-17H,3-14H2,1-2H3,(H,22,25)(H2,20,21,24). The molecule has 0 radical (unpaired) electrons. The molecule has 3 N–H and O–H groups in total. The van der Waals surface area contributed by atoms with Crippen molar-refractivity contribution in [3.05, 3.63) is 0 Å². The number of rotatable bonds is 6. The maximum atomic E-state index is 12.4. The van der Waals surface area contributed by atoms with Crippen molar-refractivity contribution in [1.82, 2.24) is 20.9 Å².